The molecule has 3 nitrogen and oxygen atoms in total. The van der Waals surface area contributed by atoms with Gasteiger partial charge in [0.15, 0.2) is 0 Å². The van der Waals surface area contributed by atoms with Crippen LogP contribution in [0.4, 0.5) is 5.69 Å². The van der Waals surface area contributed by atoms with Crippen molar-refractivity contribution in [3.63, 3.8) is 0 Å². The predicted octanol–water partition coefficient (Wildman–Crippen LogP) is 2.83. The van der Waals surface area contributed by atoms with Crippen LogP contribution in [0.2, 0.25) is 5.15 Å². The maximum Gasteiger partial charge on any atom is 0.128 e. The van der Waals surface area contributed by atoms with Gasteiger partial charge in [0, 0.05) is 25.1 Å². The molecular formula is C11H12ClN3. The van der Waals surface area contributed by atoms with E-state index in [0.29, 0.717) is 5.15 Å². The summed E-state index contributed by atoms with van der Waals surface area (Å²) in [4.78, 5) is 4.00. The number of nitrogens with zero attached hydrogens (tertiary/aromatic N) is 3. The largest absolute Gasteiger partial charge is 0.281 e. The van der Waals surface area contributed by atoms with Gasteiger partial charge in [-0.25, -0.2) is 4.68 Å². The molecule has 0 unspecified atom stereocenters. The first-order chi connectivity index (χ1) is 7.33. The van der Waals surface area contributed by atoms with E-state index in [0.717, 1.165) is 12.2 Å². The minimum Gasteiger partial charge on any atom is -0.281 e. The van der Waals surface area contributed by atoms with Gasteiger partial charge >= 0.3 is 0 Å². The Kier molecular flexibility index (Phi) is 2.92. The molecule has 78 valence electrons. The normalized spacial score (nSPS) is 10.3. The van der Waals surface area contributed by atoms with Crippen molar-refractivity contribution in [2.24, 2.45) is 0 Å². The minimum absolute atomic E-state index is 0.702. The molecule has 15 heavy (non-hydrogen) atoms. The molecule has 2 aromatic heterocycles. The second-order valence-electron chi connectivity index (χ2n) is 3.10. The summed E-state index contributed by atoms with van der Waals surface area (Å²) in [5.41, 5.74) is 1.07. The van der Waals surface area contributed by atoms with Crippen molar-refractivity contribution >= 4 is 17.3 Å². The van der Waals surface area contributed by atoms with Crippen molar-refractivity contribution < 1.29 is 0 Å². The lowest BCUT2D eigenvalue weighted by Gasteiger charge is -2.24. The number of rotatable bonds is 3. The molecule has 0 amide bonds. The van der Waals surface area contributed by atoms with Crippen LogP contribution in [0, 0.1) is 0 Å². The third kappa shape index (κ3) is 1.97. The van der Waals surface area contributed by atoms with Crippen LogP contribution in [0.5, 0.6) is 0 Å². The molecule has 0 aliphatic carbocycles. The van der Waals surface area contributed by atoms with Crippen LogP contribution < -0.4 is 5.01 Å². The molecule has 0 N–H and O–H groups in total. The number of aromatic nitrogens is 2. The van der Waals surface area contributed by atoms with Crippen LogP contribution in [-0.2, 0) is 0 Å². The maximum atomic E-state index is 6.07. The summed E-state index contributed by atoms with van der Waals surface area (Å²) in [5.74, 6) is 0. The molecule has 0 bridgehead atoms. The van der Waals surface area contributed by atoms with Crippen LogP contribution in [0.1, 0.15) is 6.92 Å². The SMILES string of the molecule is CCN(c1ccncc1)n1cccc1Cl. The smallest absolute Gasteiger partial charge is 0.128 e. The first kappa shape index (κ1) is 10.1. The Balaban J connectivity index is 2.37. The summed E-state index contributed by atoms with van der Waals surface area (Å²) in [6.45, 7) is 2.93. The van der Waals surface area contributed by atoms with Crippen LogP contribution in [-0.4, -0.2) is 16.2 Å². The highest BCUT2D eigenvalue weighted by Crippen LogP contribution is 2.18. The van der Waals surface area contributed by atoms with E-state index in [2.05, 4.69) is 16.9 Å². The lowest BCUT2D eigenvalue weighted by molar-refractivity contribution is 0.718. The Hall–Kier alpha value is -1.48. The van der Waals surface area contributed by atoms with E-state index in [4.69, 9.17) is 11.6 Å². The highest BCUT2D eigenvalue weighted by molar-refractivity contribution is 6.29. The molecule has 2 heterocycles. The Morgan fingerprint density at radius 1 is 1.33 bits per heavy atom. The fourth-order valence-corrected chi connectivity index (χ4v) is 1.74. The average molecular weight is 222 g/mol. The fraction of sp³-hybridized carbons (Fsp3) is 0.182. The molecule has 0 aliphatic heterocycles. The van der Waals surface area contributed by atoms with E-state index in [1.54, 1.807) is 12.4 Å². The Morgan fingerprint density at radius 2 is 2.07 bits per heavy atom. The van der Waals surface area contributed by atoms with Gasteiger partial charge in [-0.2, -0.15) is 0 Å². The lowest BCUT2D eigenvalue weighted by atomic mass is 10.4. The number of halogens is 1. The van der Waals surface area contributed by atoms with Crippen molar-refractivity contribution in [3.05, 3.63) is 48.0 Å². The zero-order chi connectivity index (χ0) is 10.7. The highest BCUT2D eigenvalue weighted by atomic mass is 35.5. The number of hydrogen-bond donors (Lipinski definition) is 0. The van der Waals surface area contributed by atoms with E-state index >= 15 is 0 Å². The first-order valence-electron chi connectivity index (χ1n) is 4.83. The van der Waals surface area contributed by atoms with Gasteiger partial charge in [0.1, 0.15) is 5.15 Å². The molecule has 4 heteroatoms. The number of hydrogen-bond acceptors (Lipinski definition) is 2. The van der Waals surface area contributed by atoms with Gasteiger partial charge in [0.05, 0.1) is 5.69 Å². The molecule has 0 spiro atoms. The van der Waals surface area contributed by atoms with Gasteiger partial charge in [-0.3, -0.25) is 9.99 Å². The molecule has 0 radical (unpaired) electrons. The Labute approximate surface area is 93.9 Å². The van der Waals surface area contributed by atoms with Crippen LogP contribution in [0.3, 0.4) is 0 Å². The van der Waals surface area contributed by atoms with Gasteiger partial charge in [0.2, 0.25) is 0 Å². The molecule has 0 atom stereocenters. The second-order valence-corrected chi connectivity index (χ2v) is 3.48. The van der Waals surface area contributed by atoms with Gasteiger partial charge in [0.25, 0.3) is 0 Å². The molecule has 2 aromatic rings. The molecule has 0 saturated carbocycles. The zero-order valence-corrected chi connectivity index (χ0v) is 9.22. The summed E-state index contributed by atoms with van der Waals surface area (Å²) in [6, 6.07) is 7.71. The molecule has 2 rings (SSSR count). The van der Waals surface area contributed by atoms with Crippen molar-refractivity contribution in [3.8, 4) is 0 Å². The lowest BCUT2D eigenvalue weighted by Crippen LogP contribution is -2.28. The fourth-order valence-electron chi connectivity index (χ4n) is 1.52. The van der Waals surface area contributed by atoms with Crippen molar-refractivity contribution in [2.75, 3.05) is 11.6 Å². The molecule has 0 aliphatic rings. The summed E-state index contributed by atoms with van der Waals surface area (Å²) >= 11 is 6.07. The van der Waals surface area contributed by atoms with Crippen molar-refractivity contribution in [1.82, 2.24) is 9.66 Å². The third-order valence-electron chi connectivity index (χ3n) is 2.20. The van der Waals surface area contributed by atoms with Crippen LogP contribution in [0.15, 0.2) is 42.9 Å². The van der Waals surface area contributed by atoms with E-state index in [1.807, 2.05) is 35.1 Å². The quantitative estimate of drug-likeness (QED) is 0.795. The van der Waals surface area contributed by atoms with E-state index in [-0.39, 0.29) is 0 Å². The topological polar surface area (TPSA) is 21.1 Å². The second kappa shape index (κ2) is 4.36. The van der Waals surface area contributed by atoms with Gasteiger partial charge in [-0.05, 0) is 31.2 Å². The van der Waals surface area contributed by atoms with Gasteiger partial charge in [-0.1, -0.05) is 11.6 Å². The molecule has 0 aromatic carbocycles. The maximum absolute atomic E-state index is 6.07. The predicted molar refractivity (Wildman–Crippen MR) is 62.1 cm³/mol. The van der Waals surface area contributed by atoms with E-state index in [9.17, 15) is 0 Å². The average Bonchev–Trinajstić information content (AvgIpc) is 2.68. The van der Waals surface area contributed by atoms with Crippen molar-refractivity contribution in [1.29, 1.82) is 0 Å². The zero-order valence-electron chi connectivity index (χ0n) is 8.47. The molecular weight excluding hydrogens is 210 g/mol. The summed E-state index contributed by atoms with van der Waals surface area (Å²) in [5, 5.41) is 2.78. The minimum atomic E-state index is 0.702. The number of anilines is 1. The third-order valence-corrected chi connectivity index (χ3v) is 2.50. The highest BCUT2D eigenvalue weighted by Gasteiger charge is 2.07. The molecule has 0 saturated heterocycles. The van der Waals surface area contributed by atoms with E-state index < -0.39 is 0 Å². The van der Waals surface area contributed by atoms with Gasteiger partial charge in [-0.15, -0.1) is 0 Å². The number of pyridine rings is 1. The van der Waals surface area contributed by atoms with Crippen LogP contribution in [0.25, 0.3) is 0 Å². The van der Waals surface area contributed by atoms with Crippen LogP contribution >= 0.6 is 11.6 Å². The van der Waals surface area contributed by atoms with Gasteiger partial charge < -0.3 is 0 Å². The summed E-state index contributed by atoms with van der Waals surface area (Å²) < 4.78 is 1.91. The van der Waals surface area contributed by atoms with E-state index in [1.165, 1.54) is 0 Å². The van der Waals surface area contributed by atoms with Crippen molar-refractivity contribution in [2.45, 2.75) is 6.92 Å². The Bertz CT molecular complexity index is 424. The summed E-state index contributed by atoms with van der Waals surface area (Å²) in [6.07, 6.45) is 5.48. The monoisotopic (exact) mass is 221 g/mol. The Morgan fingerprint density at radius 3 is 2.60 bits per heavy atom. The molecule has 0 fully saturated rings. The summed E-state index contributed by atoms with van der Waals surface area (Å²) in [7, 11) is 0. The standard InChI is InChI=1S/C11H12ClN3/c1-2-14(10-5-7-13-8-6-10)15-9-3-4-11(15)12/h3-9H,2H2,1H3. The first-order valence-corrected chi connectivity index (χ1v) is 5.21.